The summed E-state index contributed by atoms with van der Waals surface area (Å²) in [7, 11) is 0. The molecule has 3 heterocycles. The molecule has 0 bridgehead atoms. The van der Waals surface area contributed by atoms with Gasteiger partial charge in [-0.25, -0.2) is 4.98 Å². The van der Waals surface area contributed by atoms with E-state index in [1.165, 1.54) is 25.7 Å². The molecule has 2 saturated heterocycles. The van der Waals surface area contributed by atoms with Gasteiger partial charge in [-0.15, -0.1) is 0 Å². The Morgan fingerprint density at radius 2 is 2.00 bits per heavy atom. The third-order valence-electron chi connectivity index (χ3n) is 5.77. The topological polar surface area (TPSA) is 63.7 Å². The fraction of sp³-hybridized carbons (Fsp3) is 0.619. The van der Waals surface area contributed by atoms with Crippen LogP contribution in [0.3, 0.4) is 0 Å². The molecule has 1 N–H and O–H groups in total. The first-order valence-electron chi connectivity index (χ1n) is 10.2. The van der Waals surface area contributed by atoms with Crippen molar-refractivity contribution >= 4 is 11.7 Å². The highest BCUT2D eigenvalue weighted by Crippen LogP contribution is 2.31. The van der Waals surface area contributed by atoms with E-state index in [4.69, 9.17) is 9.47 Å². The molecule has 1 aromatic heterocycles. The molecular weight excluding hydrogens is 342 g/mol. The zero-order valence-corrected chi connectivity index (χ0v) is 15.9. The van der Waals surface area contributed by atoms with E-state index >= 15 is 0 Å². The van der Waals surface area contributed by atoms with Gasteiger partial charge < -0.3 is 19.7 Å². The van der Waals surface area contributed by atoms with Gasteiger partial charge in [-0.1, -0.05) is 11.6 Å². The molecule has 6 heteroatoms. The lowest BCUT2D eigenvalue weighted by atomic mass is 9.97. The van der Waals surface area contributed by atoms with E-state index in [9.17, 15) is 4.79 Å². The van der Waals surface area contributed by atoms with Crippen LogP contribution in [0.25, 0.3) is 0 Å². The summed E-state index contributed by atoms with van der Waals surface area (Å²) in [6.07, 6.45) is 11.7. The molecule has 3 aliphatic rings. The lowest BCUT2D eigenvalue weighted by Crippen LogP contribution is -2.47. The fourth-order valence-corrected chi connectivity index (χ4v) is 4.13. The third-order valence-corrected chi connectivity index (χ3v) is 5.77. The highest BCUT2D eigenvalue weighted by molar-refractivity contribution is 5.94. The van der Waals surface area contributed by atoms with Crippen molar-refractivity contribution < 1.29 is 14.3 Å². The molecular formula is C21H29N3O3. The van der Waals surface area contributed by atoms with Gasteiger partial charge in [0.1, 0.15) is 5.82 Å². The van der Waals surface area contributed by atoms with Crippen molar-refractivity contribution in [3.05, 3.63) is 35.5 Å². The first kappa shape index (κ1) is 18.4. The third kappa shape index (κ3) is 4.50. The molecule has 1 amide bonds. The predicted molar refractivity (Wildman–Crippen MR) is 104 cm³/mol. The van der Waals surface area contributed by atoms with Crippen molar-refractivity contribution in [1.29, 1.82) is 0 Å². The van der Waals surface area contributed by atoms with Crippen molar-refractivity contribution in [2.24, 2.45) is 0 Å². The number of hydrogen-bond acceptors (Lipinski definition) is 5. The lowest BCUT2D eigenvalue weighted by molar-refractivity contribution is -0.181. The average molecular weight is 371 g/mol. The second kappa shape index (κ2) is 8.40. The number of rotatable bonds is 5. The highest BCUT2D eigenvalue weighted by atomic mass is 16.7. The SMILES string of the molecule is O=C(c1ccc(NCCC2=CCCCC2)nc1)N1CCC2(CC1)OCCO2. The quantitative estimate of drug-likeness (QED) is 0.804. The highest BCUT2D eigenvalue weighted by Gasteiger charge is 2.40. The fourth-order valence-electron chi connectivity index (χ4n) is 4.13. The van der Waals surface area contributed by atoms with Gasteiger partial charge in [0, 0.05) is 38.7 Å². The van der Waals surface area contributed by atoms with Crippen molar-refractivity contribution in [3.8, 4) is 0 Å². The summed E-state index contributed by atoms with van der Waals surface area (Å²) in [5.74, 6) is 0.416. The number of ether oxygens (including phenoxy) is 2. The monoisotopic (exact) mass is 371 g/mol. The van der Waals surface area contributed by atoms with Crippen molar-refractivity contribution in [1.82, 2.24) is 9.88 Å². The molecule has 0 aromatic carbocycles. The number of nitrogens with one attached hydrogen (secondary N) is 1. The molecule has 1 aliphatic carbocycles. The summed E-state index contributed by atoms with van der Waals surface area (Å²) >= 11 is 0. The number of aromatic nitrogens is 1. The summed E-state index contributed by atoms with van der Waals surface area (Å²) < 4.78 is 11.5. The summed E-state index contributed by atoms with van der Waals surface area (Å²) in [5, 5.41) is 3.36. The van der Waals surface area contributed by atoms with E-state index in [-0.39, 0.29) is 5.91 Å². The molecule has 27 heavy (non-hydrogen) atoms. The van der Waals surface area contributed by atoms with Crippen LogP contribution in [-0.2, 0) is 9.47 Å². The molecule has 0 unspecified atom stereocenters. The van der Waals surface area contributed by atoms with Crippen LogP contribution >= 0.6 is 0 Å². The maximum Gasteiger partial charge on any atom is 0.255 e. The standard InChI is InChI=1S/C21H29N3O3/c25-20(24-12-9-21(10-13-24)26-14-15-27-21)18-6-7-19(23-16-18)22-11-8-17-4-2-1-3-5-17/h4,6-7,16H,1-3,5,8-15H2,(H,22,23). The van der Waals surface area contributed by atoms with Gasteiger partial charge in [-0.05, 0) is 44.2 Å². The molecule has 146 valence electrons. The van der Waals surface area contributed by atoms with Crippen LogP contribution in [0.4, 0.5) is 5.82 Å². The number of allylic oxidation sites excluding steroid dienone is 1. The number of amides is 1. The maximum atomic E-state index is 12.7. The van der Waals surface area contributed by atoms with Crippen LogP contribution in [0.1, 0.15) is 55.3 Å². The average Bonchev–Trinajstić information content (AvgIpc) is 3.17. The molecule has 0 atom stereocenters. The smallest absolute Gasteiger partial charge is 0.255 e. The van der Waals surface area contributed by atoms with Crippen molar-refractivity contribution in [2.75, 3.05) is 38.2 Å². The lowest BCUT2D eigenvalue weighted by Gasteiger charge is -2.37. The number of nitrogens with zero attached hydrogens (tertiary/aromatic N) is 2. The summed E-state index contributed by atoms with van der Waals surface area (Å²) in [6.45, 7) is 3.52. The largest absolute Gasteiger partial charge is 0.370 e. The zero-order chi connectivity index (χ0) is 18.5. The predicted octanol–water partition coefficient (Wildman–Crippen LogP) is 3.36. The van der Waals surface area contributed by atoms with E-state index in [2.05, 4.69) is 16.4 Å². The normalized spacial score (nSPS) is 21.9. The van der Waals surface area contributed by atoms with Crippen molar-refractivity contribution in [3.63, 3.8) is 0 Å². The Kier molecular flexibility index (Phi) is 5.74. The van der Waals surface area contributed by atoms with Gasteiger partial charge in [0.05, 0.1) is 18.8 Å². The minimum atomic E-state index is -0.448. The Labute approximate surface area is 160 Å². The molecule has 0 radical (unpaired) electrons. The van der Waals surface area contributed by atoms with E-state index in [1.54, 1.807) is 11.8 Å². The van der Waals surface area contributed by atoms with Gasteiger partial charge in [-0.3, -0.25) is 4.79 Å². The zero-order valence-electron chi connectivity index (χ0n) is 15.9. The summed E-state index contributed by atoms with van der Waals surface area (Å²) in [4.78, 5) is 19.0. The van der Waals surface area contributed by atoms with Crippen LogP contribution in [0.2, 0.25) is 0 Å². The Morgan fingerprint density at radius 1 is 1.19 bits per heavy atom. The second-order valence-electron chi connectivity index (χ2n) is 7.62. The Balaban J connectivity index is 1.25. The first-order chi connectivity index (χ1) is 13.2. The van der Waals surface area contributed by atoms with Gasteiger partial charge in [0.25, 0.3) is 5.91 Å². The van der Waals surface area contributed by atoms with Gasteiger partial charge >= 0.3 is 0 Å². The van der Waals surface area contributed by atoms with E-state index in [0.29, 0.717) is 31.9 Å². The first-order valence-corrected chi connectivity index (χ1v) is 10.2. The van der Waals surface area contributed by atoms with Crippen LogP contribution < -0.4 is 5.32 Å². The number of carbonyl (C=O) groups is 1. The van der Waals surface area contributed by atoms with E-state index < -0.39 is 5.79 Å². The minimum Gasteiger partial charge on any atom is -0.370 e. The number of anilines is 1. The van der Waals surface area contributed by atoms with Gasteiger partial charge in [0.2, 0.25) is 0 Å². The Bertz CT molecular complexity index is 670. The molecule has 2 aliphatic heterocycles. The number of carbonyl (C=O) groups excluding carboxylic acids is 1. The van der Waals surface area contributed by atoms with Gasteiger partial charge in [0.15, 0.2) is 5.79 Å². The number of likely N-dealkylation sites (tertiary alicyclic amines) is 1. The van der Waals surface area contributed by atoms with Crippen molar-refractivity contribution in [2.45, 2.75) is 50.7 Å². The molecule has 4 rings (SSSR count). The number of pyridine rings is 1. The summed E-state index contributed by atoms with van der Waals surface area (Å²) in [5.41, 5.74) is 2.19. The van der Waals surface area contributed by atoms with Gasteiger partial charge in [-0.2, -0.15) is 0 Å². The molecule has 6 nitrogen and oxygen atoms in total. The second-order valence-corrected chi connectivity index (χ2v) is 7.62. The van der Waals surface area contributed by atoms with Crippen LogP contribution in [0.5, 0.6) is 0 Å². The molecule has 1 aromatic rings. The number of hydrogen-bond donors (Lipinski definition) is 1. The summed E-state index contributed by atoms with van der Waals surface area (Å²) in [6, 6.07) is 3.77. The molecule has 1 spiro atoms. The molecule has 2 fully saturated rings. The van der Waals surface area contributed by atoms with Crippen LogP contribution in [-0.4, -0.2) is 54.4 Å². The molecule has 0 saturated carbocycles. The number of piperidine rings is 1. The van der Waals surface area contributed by atoms with Crippen LogP contribution in [0, 0.1) is 0 Å². The Hall–Kier alpha value is -1.92. The van der Waals surface area contributed by atoms with E-state index in [0.717, 1.165) is 31.6 Å². The van der Waals surface area contributed by atoms with E-state index in [1.807, 2.05) is 17.0 Å². The Morgan fingerprint density at radius 3 is 2.67 bits per heavy atom. The van der Waals surface area contributed by atoms with Crippen LogP contribution in [0.15, 0.2) is 30.0 Å². The maximum absolute atomic E-state index is 12.7. The minimum absolute atomic E-state index is 0.0364.